The van der Waals surface area contributed by atoms with Crippen molar-refractivity contribution in [2.45, 2.75) is 38.5 Å². The fraction of sp³-hybridized carbons (Fsp3) is 0.533. The number of hydrogen-bond donors (Lipinski definition) is 3. The molecule has 0 aliphatic heterocycles. The zero-order chi connectivity index (χ0) is 14.5. The summed E-state index contributed by atoms with van der Waals surface area (Å²) < 4.78 is 0. The van der Waals surface area contributed by atoms with Gasteiger partial charge >= 0.3 is 0 Å². The number of aryl methyl sites for hydroxylation is 1. The van der Waals surface area contributed by atoms with E-state index in [1.54, 1.807) is 6.07 Å². The van der Waals surface area contributed by atoms with Gasteiger partial charge in [-0.25, -0.2) is 0 Å². The second kappa shape index (κ2) is 6.96. The molecule has 0 saturated carbocycles. The van der Waals surface area contributed by atoms with Crippen molar-refractivity contribution in [3.05, 3.63) is 29.3 Å². The van der Waals surface area contributed by atoms with Crippen LogP contribution in [0, 0.1) is 12.3 Å². The molecule has 1 aromatic carbocycles. The summed E-state index contributed by atoms with van der Waals surface area (Å²) in [6.07, 6.45) is 1.64. The third-order valence-electron chi connectivity index (χ3n) is 3.20. The lowest BCUT2D eigenvalue weighted by Gasteiger charge is -2.24. The molecule has 0 bridgehead atoms. The Labute approximate surface area is 120 Å². The zero-order valence-corrected chi connectivity index (χ0v) is 12.8. The van der Waals surface area contributed by atoms with Gasteiger partial charge in [0.25, 0.3) is 5.91 Å². The fourth-order valence-electron chi connectivity index (χ4n) is 1.92. The Morgan fingerprint density at radius 3 is 2.74 bits per heavy atom. The van der Waals surface area contributed by atoms with Crippen molar-refractivity contribution in [2.75, 3.05) is 13.2 Å². The zero-order valence-electron chi connectivity index (χ0n) is 11.9. The number of benzene rings is 1. The largest absolute Gasteiger partial charge is 0.396 e. The Balaban J connectivity index is 2.62. The van der Waals surface area contributed by atoms with Gasteiger partial charge in [0, 0.05) is 23.6 Å². The average Bonchev–Trinajstić information content (AvgIpc) is 2.36. The molecule has 0 aliphatic rings. The molecule has 3 nitrogen and oxygen atoms in total. The van der Waals surface area contributed by atoms with Gasteiger partial charge in [-0.1, -0.05) is 19.9 Å². The monoisotopic (exact) mass is 281 g/mol. The van der Waals surface area contributed by atoms with E-state index in [9.17, 15) is 4.79 Å². The van der Waals surface area contributed by atoms with Crippen molar-refractivity contribution in [3.63, 3.8) is 0 Å². The second-order valence-electron chi connectivity index (χ2n) is 5.67. The third-order valence-corrected chi connectivity index (χ3v) is 3.48. The highest BCUT2D eigenvalue weighted by molar-refractivity contribution is 7.80. The van der Waals surface area contributed by atoms with Gasteiger partial charge in [-0.2, -0.15) is 0 Å². The van der Waals surface area contributed by atoms with E-state index < -0.39 is 0 Å². The van der Waals surface area contributed by atoms with Crippen LogP contribution in [-0.2, 0) is 0 Å². The number of carbonyl (C=O) groups excluding carboxylic acids is 1. The minimum atomic E-state index is -0.0644. The van der Waals surface area contributed by atoms with Gasteiger partial charge in [0.05, 0.1) is 0 Å². The standard InChI is InChI=1S/C15H23NO2S/c1-11-5-6-12(19)9-13(11)14(18)16-10-15(2,3)7-4-8-17/h5-6,9,17,19H,4,7-8,10H2,1-3H3,(H,16,18). The summed E-state index contributed by atoms with van der Waals surface area (Å²) >= 11 is 4.26. The number of aliphatic hydroxyl groups is 1. The Kier molecular flexibility index (Phi) is 5.88. The van der Waals surface area contributed by atoms with Crippen LogP contribution in [0.2, 0.25) is 0 Å². The van der Waals surface area contributed by atoms with Crippen molar-refractivity contribution in [3.8, 4) is 0 Å². The minimum absolute atomic E-state index is 0.00906. The smallest absolute Gasteiger partial charge is 0.251 e. The maximum Gasteiger partial charge on any atom is 0.251 e. The van der Waals surface area contributed by atoms with Gasteiger partial charge in [-0.15, -0.1) is 12.6 Å². The molecular formula is C15H23NO2S. The van der Waals surface area contributed by atoms with Crippen LogP contribution in [0.15, 0.2) is 23.1 Å². The molecule has 0 heterocycles. The minimum Gasteiger partial charge on any atom is -0.396 e. The molecule has 0 aromatic heterocycles. The van der Waals surface area contributed by atoms with Crippen LogP contribution >= 0.6 is 12.6 Å². The van der Waals surface area contributed by atoms with Gasteiger partial charge in [-0.05, 0) is 42.9 Å². The summed E-state index contributed by atoms with van der Waals surface area (Å²) in [6.45, 7) is 6.88. The first-order valence-electron chi connectivity index (χ1n) is 6.54. The first kappa shape index (κ1) is 16.1. The molecular weight excluding hydrogens is 258 g/mol. The van der Waals surface area contributed by atoms with E-state index in [1.807, 2.05) is 19.1 Å². The molecule has 4 heteroatoms. The number of amides is 1. The van der Waals surface area contributed by atoms with E-state index in [2.05, 4.69) is 31.8 Å². The molecule has 0 aliphatic carbocycles. The van der Waals surface area contributed by atoms with Crippen LogP contribution in [0.4, 0.5) is 0 Å². The van der Waals surface area contributed by atoms with Crippen molar-refractivity contribution in [1.29, 1.82) is 0 Å². The molecule has 0 spiro atoms. The van der Waals surface area contributed by atoms with E-state index in [1.165, 1.54) is 0 Å². The number of thiol groups is 1. The Bertz CT molecular complexity index is 444. The molecule has 1 amide bonds. The van der Waals surface area contributed by atoms with Crippen molar-refractivity contribution >= 4 is 18.5 Å². The number of aliphatic hydroxyl groups excluding tert-OH is 1. The van der Waals surface area contributed by atoms with Crippen molar-refractivity contribution in [1.82, 2.24) is 5.32 Å². The predicted octanol–water partition coefficient (Wildman–Crippen LogP) is 2.81. The Morgan fingerprint density at radius 2 is 2.11 bits per heavy atom. The lowest BCUT2D eigenvalue weighted by molar-refractivity contribution is 0.0932. The SMILES string of the molecule is Cc1ccc(S)cc1C(=O)NCC(C)(C)CCCO. The van der Waals surface area contributed by atoms with E-state index in [0.717, 1.165) is 23.3 Å². The van der Waals surface area contributed by atoms with Gasteiger partial charge in [-0.3, -0.25) is 4.79 Å². The molecule has 0 fully saturated rings. The summed E-state index contributed by atoms with van der Waals surface area (Å²) in [7, 11) is 0. The maximum absolute atomic E-state index is 12.1. The maximum atomic E-state index is 12.1. The first-order chi connectivity index (χ1) is 8.85. The van der Waals surface area contributed by atoms with Crippen LogP contribution in [0.25, 0.3) is 0 Å². The number of rotatable bonds is 6. The molecule has 106 valence electrons. The molecule has 1 rings (SSSR count). The second-order valence-corrected chi connectivity index (χ2v) is 6.19. The summed E-state index contributed by atoms with van der Waals surface area (Å²) in [4.78, 5) is 12.9. The van der Waals surface area contributed by atoms with Crippen molar-refractivity contribution < 1.29 is 9.90 Å². The van der Waals surface area contributed by atoms with Gasteiger partial charge in [0.1, 0.15) is 0 Å². The average molecular weight is 281 g/mol. The lowest BCUT2D eigenvalue weighted by atomic mass is 9.88. The van der Waals surface area contributed by atoms with Gasteiger partial charge in [0.15, 0.2) is 0 Å². The van der Waals surface area contributed by atoms with Crippen LogP contribution < -0.4 is 5.32 Å². The number of nitrogens with one attached hydrogen (secondary N) is 1. The van der Waals surface area contributed by atoms with Gasteiger partial charge in [0.2, 0.25) is 0 Å². The van der Waals surface area contributed by atoms with E-state index in [4.69, 9.17) is 5.11 Å². The quantitative estimate of drug-likeness (QED) is 0.702. The lowest BCUT2D eigenvalue weighted by Crippen LogP contribution is -2.34. The molecule has 1 aromatic rings. The van der Waals surface area contributed by atoms with Crippen LogP contribution in [0.3, 0.4) is 0 Å². The van der Waals surface area contributed by atoms with E-state index in [0.29, 0.717) is 12.1 Å². The topological polar surface area (TPSA) is 49.3 Å². The first-order valence-corrected chi connectivity index (χ1v) is 6.99. The molecule has 0 unspecified atom stereocenters. The Hall–Kier alpha value is -1.00. The normalized spacial score (nSPS) is 11.4. The molecule has 19 heavy (non-hydrogen) atoms. The highest BCUT2D eigenvalue weighted by Gasteiger charge is 2.19. The molecule has 0 saturated heterocycles. The van der Waals surface area contributed by atoms with Crippen LogP contribution in [0.5, 0.6) is 0 Å². The highest BCUT2D eigenvalue weighted by Crippen LogP contribution is 2.21. The van der Waals surface area contributed by atoms with E-state index in [-0.39, 0.29) is 17.9 Å². The predicted molar refractivity (Wildman–Crippen MR) is 80.9 cm³/mol. The highest BCUT2D eigenvalue weighted by atomic mass is 32.1. The molecule has 0 radical (unpaired) electrons. The fourth-order valence-corrected chi connectivity index (χ4v) is 2.12. The van der Waals surface area contributed by atoms with Gasteiger partial charge < -0.3 is 10.4 Å². The molecule has 2 N–H and O–H groups in total. The van der Waals surface area contributed by atoms with E-state index >= 15 is 0 Å². The summed E-state index contributed by atoms with van der Waals surface area (Å²) in [5, 5.41) is 11.8. The van der Waals surface area contributed by atoms with Crippen molar-refractivity contribution in [2.24, 2.45) is 5.41 Å². The summed E-state index contributed by atoms with van der Waals surface area (Å²) in [5.74, 6) is -0.0644. The van der Waals surface area contributed by atoms with Crippen LogP contribution in [-0.4, -0.2) is 24.2 Å². The number of hydrogen-bond acceptors (Lipinski definition) is 3. The van der Waals surface area contributed by atoms with Crippen LogP contribution in [0.1, 0.15) is 42.6 Å². The Morgan fingerprint density at radius 1 is 1.42 bits per heavy atom. The summed E-state index contributed by atoms with van der Waals surface area (Å²) in [5.41, 5.74) is 1.61. The number of carbonyl (C=O) groups is 1. The molecule has 0 atom stereocenters. The summed E-state index contributed by atoms with van der Waals surface area (Å²) in [6, 6.07) is 5.56. The third kappa shape index (κ3) is 5.25.